The van der Waals surface area contributed by atoms with E-state index in [1.54, 1.807) is 18.7 Å². The molecule has 4 rings (SSSR count). The van der Waals surface area contributed by atoms with Gasteiger partial charge in [-0.2, -0.15) is 0 Å². The fourth-order valence-electron chi connectivity index (χ4n) is 4.18. The SMILES string of the molecule is CC1(C)C(=O)N(C2CCCCO2)c2ncc(F)c(B3OC(C)(C)C(C)(C)O3)c21. The predicted molar refractivity (Wildman–Crippen MR) is 104 cm³/mol. The van der Waals surface area contributed by atoms with E-state index in [2.05, 4.69) is 4.98 Å². The van der Waals surface area contributed by atoms with Gasteiger partial charge in [0.05, 0.1) is 22.8 Å². The molecule has 1 aromatic heterocycles. The minimum absolute atomic E-state index is 0.134. The zero-order valence-electron chi connectivity index (χ0n) is 17.5. The molecular formula is C20H28BFN2O4. The molecule has 28 heavy (non-hydrogen) atoms. The molecule has 1 unspecified atom stereocenters. The van der Waals surface area contributed by atoms with Gasteiger partial charge in [0, 0.05) is 17.6 Å². The zero-order chi connectivity index (χ0) is 20.5. The van der Waals surface area contributed by atoms with Crippen molar-refractivity contribution in [1.82, 2.24) is 4.98 Å². The van der Waals surface area contributed by atoms with Crippen LogP contribution in [0.5, 0.6) is 0 Å². The summed E-state index contributed by atoms with van der Waals surface area (Å²) in [5.41, 5.74) is -1.38. The first-order valence-electron chi connectivity index (χ1n) is 9.97. The van der Waals surface area contributed by atoms with Crippen molar-refractivity contribution in [2.75, 3.05) is 11.5 Å². The van der Waals surface area contributed by atoms with Crippen LogP contribution in [0.4, 0.5) is 10.2 Å². The smallest absolute Gasteiger partial charge is 0.399 e. The van der Waals surface area contributed by atoms with Gasteiger partial charge in [-0.15, -0.1) is 0 Å². The topological polar surface area (TPSA) is 60.9 Å². The van der Waals surface area contributed by atoms with Crippen molar-refractivity contribution in [2.24, 2.45) is 0 Å². The van der Waals surface area contributed by atoms with Gasteiger partial charge in [0.2, 0.25) is 5.91 Å². The van der Waals surface area contributed by atoms with Crippen molar-refractivity contribution < 1.29 is 23.2 Å². The Kier molecular flexibility index (Phi) is 4.41. The number of fused-ring (bicyclic) bond motifs is 1. The normalized spacial score (nSPS) is 28.0. The van der Waals surface area contributed by atoms with Crippen molar-refractivity contribution in [3.05, 3.63) is 17.6 Å². The van der Waals surface area contributed by atoms with Gasteiger partial charge < -0.3 is 14.0 Å². The lowest BCUT2D eigenvalue weighted by atomic mass is 9.70. The molecule has 1 amide bonds. The van der Waals surface area contributed by atoms with Gasteiger partial charge in [-0.25, -0.2) is 9.37 Å². The van der Waals surface area contributed by atoms with Gasteiger partial charge in [0.1, 0.15) is 17.9 Å². The third kappa shape index (κ3) is 2.72. The van der Waals surface area contributed by atoms with Crippen LogP contribution >= 0.6 is 0 Å². The molecule has 1 aromatic rings. The van der Waals surface area contributed by atoms with Crippen molar-refractivity contribution in [2.45, 2.75) is 83.6 Å². The first kappa shape index (κ1) is 19.8. The average Bonchev–Trinajstić information content (AvgIpc) is 2.95. The lowest BCUT2D eigenvalue weighted by Gasteiger charge is -2.32. The van der Waals surface area contributed by atoms with Gasteiger partial charge in [-0.05, 0) is 60.8 Å². The van der Waals surface area contributed by atoms with E-state index in [0.29, 0.717) is 18.0 Å². The van der Waals surface area contributed by atoms with Crippen LogP contribution in [0.25, 0.3) is 0 Å². The van der Waals surface area contributed by atoms with Crippen LogP contribution in [0.3, 0.4) is 0 Å². The van der Waals surface area contributed by atoms with Gasteiger partial charge in [0.25, 0.3) is 0 Å². The maximum absolute atomic E-state index is 15.1. The van der Waals surface area contributed by atoms with Crippen molar-refractivity contribution in [1.29, 1.82) is 0 Å². The second-order valence-electron chi connectivity index (χ2n) is 9.43. The van der Waals surface area contributed by atoms with E-state index in [1.807, 2.05) is 27.7 Å². The number of pyridine rings is 1. The number of nitrogens with zero attached hydrogens (tertiary/aromatic N) is 2. The molecule has 8 heteroatoms. The van der Waals surface area contributed by atoms with Crippen molar-refractivity contribution in [3.8, 4) is 0 Å². The van der Waals surface area contributed by atoms with E-state index in [4.69, 9.17) is 14.0 Å². The average molecular weight is 390 g/mol. The second kappa shape index (κ2) is 6.24. The van der Waals surface area contributed by atoms with E-state index in [1.165, 1.54) is 0 Å². The molecule has 2 saturated heterocycles. The van der Waals surface area contributed by atoms with Crippen LogP contribution in [0.15, 0.2) is 6.20 Å². The summed E-state index contributed by atoms with van der Waals surface area (Å²) in [6.07, 6.45) is 3.49. The summed E-state index contributed by atoms with van der Waals surface area (Å²) in [5, 5.41) is 0. The molecule has 0 radical (unpaired) electrons. The Hall–Kier alpha value is -1.51. The number of hydrogen-bond donors (Lipinski definition) is 0. The number of amides is 1. The van der Waals surface area contributed by atoms with Crippen LogP contribution in [0.2, 0.25) is 0 Å². The number of carbonyl (C=O) groups excluding carboxylic acids is 1. The summed E-state index contributed by atoms with van der Waals surface area (Å²) in [4.78, 5) is 19.2. The fourth-order valence-corrected chi connectivity index (χ4v) is 4.18. The molecule has 0 saturated carbocycles. The lowest BCUT2D eigenvalue weighted by molar-refractivity contribution is -0.125. The highest BCUT2D eigenvalue weighted by Crippen LogP contribution is 2.44. The highest BCUT2D eigenvalue weighted by molar-refractivity contribution is 6.63. The Balaban J connectivity index is 1.84. The van der Waals surface area contributed by atoms with Gasteiger partial charge in [-0.1, -0.05) is 0 Å². The number of anilines is 1. The Bertz CT molecular complexity index is 805. The number of hydrogen-bond acceptors (Lipinski definition) is 5. The molecule has 3 aliphatic rings. The molecule has 4 heterocycles. The van der Waals surface area contributed by atoms with Crippen LogP contribution in [-0.2, 0) is 24.3 Å². The molecule has 0 aromatic carbocycles. The van der Waals surface area contributed by atoms with Crippen molar-refractivity contribution in [3.63, 3.8) is 0 Å². The molecule has 0 spiro atoms. The Morgan fingerprint density at radius 3 is 2.36 bits per heavy atom. The first-order chi connectivity index (χ1) is 13.0. The number of ether oxygens (including phenoxy) is 1. The summed E-state index contributed by atoms with van der Waals surface area (Å²) in [6.45, 7) is 11.9. The predicted octanol–water partition coefficient (Wildman–Crippen LogP) is 2.67. The third-order valence-corrected chi connectivity index (χ3v) is 6.59. The summed E-state index contributed by atoms with van der Waals surface area (Å²) in [7, 11) is -0.902. The maximum atomic E-state index is 15.1. The highest BCUT2D eigenvalue weighted by atomic mass is 19.1. The van der Waals surface area contributed by atoms with E-state index >= 15 is 4.39 Å². The van der Waals surface area contributed by atoms with Crippen LogP contribution < -0.4 is 10.4 Å². The van der Waals surface area contributed by atoms with Crippen LogP contribution in [-0.4, -0.2) is 42.0 Å². The molecule has 6 nitrogen and oxygen atoms in total. The molecule has 3 aliphatic heterocycles. The maximum Gasteiger partial charge on any atom is 0.498 e. The first-order valence-corrected chi connectivity index (χ1v) is 9.97. The number of halogens is 1. The van der Waals surface area contributed by atoms with E-state index in [9.17, 15) is 4.79 Å². The molecule has 1 atom stereocenters. The number of carbonyl (C=O) groups is 1. The minimum atomic E-state index is -0.954. The number of rotatable bonds is 2. The monoisotopic (exact) mass is 390 g/mol. The molecular weight excluding hydrogens is 362 g/mol. The standard InChI is InChI=1S/C20H28BFN2O4/c1-18(2)14-15(21-27-19(3,4)20(5,6)28-21)12(22)11-23-16(14)24(17(18)25)13-9-7-8-10-26-13/h11,13H,7-10H2,1-6H3. The molecule has 0 aliphatic carbocycles. The highest BCUT2D eigenvalue weighted by Gasteiger charge is 2.57. The van der Waals surface area contributed by atoms with E-state index < -0.39 is 29.6 Å². The van der Waals surface area contributed by atoms with Gasteiger partial charge in [-0.3, -0.25) is 9.69 Å². The van der Waals surface area contributed by atoms with Gasteiger partial charge >= 0.3 is 7.12 Å². The number of aromatic nitrogens is 1. The van der Waals surface area contributed by atoms with Crippen LogP contribution in [0.1, 0.15) is 66.4 Å². The molecule has 0 bridgehead atoms. The van der Waals surface area contributed by atoms with E-state index in [0.717, 1.165) is 25.5 Å². The Morgan fingerprint density at radius 2 is 1.79 bits per heavy atom. The largest absolute Gasteiger partial charge is 0.498 e. The molecule has 2 fully saturated rings. The van der Waals surface area contributed by atoms with E-state index in [-0.39, 0.29) is 17.6 Å². The van der Waals surface area contributed by atoms with Gasteiger partial charge in [0.15, 0.2) is 0 Å². The summed E-state index contributed by atoms with van der Waals surface area (Å²) >= 11 is 0. The third-order valence-electron chi connectivity index (χ3n) is 6.59. The molecule has 152 valence electrons. The zero-order valence-corrected chi connectivity index (χ0v) is 17.5. The van der Waals surface area contributed by atoms with Crippen molar-refractivity contribution >= 4 is 24.3 Å². The fraction of sp³-hybridized carbons (Fsp3) is 0.700. The summed E-state index contributed by atoms with van der Waals surface area (Å²) in [6, 6.07) is 0. The summed E-state index contributed by atoms with van der Waals surface area (Å²) in [5.74, 6) is -0.206. The summed E-state index contributed by atoms with van der Waals surface area (Å²) < 4.78 is 33.1. The van der Waals surface area contributed by atoms with Crippen LogP contribution in [0, 0.1) is 5.82 Å². The Morgan fingerprint density at radius 1 is 1.14 bits per heavy atom. The lowest BCUT2D eigenvalue weighted by Crippen LogP contribution is -2.46. The minimum Gasteiger partial charge on any atom is -0.399 e. The Labute approximate surface area is 165 Å². The molecule has 0 N–H and O–H groups in total. The quantitative estimate of drug-likeness (QED) is 0.727. The second-order valence-corrected chi connectivity index (χ2v) is 9.43.